The van der Waals surface area contributed by atoms with Crippen LogP contribution in [-0.4, -0.2) is 67.9 Å². The highest BCUT2D eigenvalue weighted by Gasteiger charge is 2.27. The van der Waals surface area contributed by atoms with E-state index in [9.17, 15) is 14.4 Å². The van der Waals surface area contributed by atoms with Gasteiger partial charge in [0.2, 0.25) is 0 Å². The molecule has 9 nitrogen and oxygen atoms in total. The maximum Gasteiger partial charge on any atom is 0.410 e. The SMILES string of the molecule is CCOC(=O)CCN(C(N)=O)c1ccc(N2CCN(C(=O)OC(C)(C)C)CC2)c2ccccc12. The lowest BCUT2D eigenvalue weighted by Gasteiger charge is -2.37. The number of ether oxygens (including phenoxy) is 2. The molecule has 34 heavy (non-hydrogen) atoms. The molecule has 0 radical (unpaired) electrons. The Balaban J connectivity index is 1.81. The van der Waals surface area contributed by atoms with Crippen molar-refractivity contribution in [2.45, 2.75) is 39.7 Å². The van der Waals surface area contributed by atoms with E-state index < -0.39 is 11.6 Å². The first kappa shape index (κ1) is 25.1. The number of hydrogen-bond acceptors (Lipinski definition) is 6. The summed E-state index contributed by atoms with van der Waals surface area (Å²) in [7, 11) is 0. The zero-order valence-electron chi connectivity index (χ0n) is 20.4. The summed E-state index contributed by atoms with van der Waals surface area (Å²) < 4.78 is 10.5. The van der Waals surface area contributed by atoms with Crippen molar-refractivity contribution < 1.29 is 23.9 Å². The molecule has 1 fully saturated rings. The lowest BCUT2D eigenvalue weighted by Crippen LogP contribution is -2.50. The zero-order valence-corrected chi connectivity index (χ0v) is 20.4. The number of fused-ring (bicyclic) bond motifs is 1. The third-order valence-electron chi connectivity index (χ3n) is 5.55. The highest BCUT2D eigenvalue weighted by atomic mass is 16.6. The molecule has 0 atom stereocenters. The second kappa shape index (κ2) is 10.6. The van der Waals surface area contributed by atoms with Crippen LogP contribution in [0.4, 0.5) is 21.0 Å². The van der Waals surface area contributed by atoms with Crippen LogP contribution in [0.5, 0.6) is 0 Å². The van der Waals surface area contributed by atoms with E-state index in [0.717, 1.165) is 16.5 Å². The molecule has 0 unspecified atom stereocenters. The predicted molar refractivity (Wildman–Crippen MR) is 132 cm³/mol. The molecular formula is C25H34N4O5. The Bertz CT molecular complexity index is 1040. The van der Waals surface area contributed by atoms with Crippen molar-refractivity contribution in [3.8, 4) is 0 Å². The number of carbonyl (C=O) groups excluding carboxylic acids is 3. The van der Waals surface area contributed by atoms with E-state index >= 15 is 0 Å². The minimum absolute atomic E-state index is 0.0550. The van der Waals surface area contributed by atoms with Crippen LogP contribution in [0, 0.1) is 0 Å². The quantitative estimate of drug-likeness (QED) is 0.645. The molecule has 0 aromatic heterocycles. The summed E-state index contributed by atoms with van der Waals surface area (Å²) in [4.78, 5) is 41.8. The second-order valence-electron chi connectivity index (χ2n) is 9.15. The number of piperazine rings is 1. The molecule has 3 rings (SSSR count). The minimum Gasteiger partial charge on any atom is -0.466 e. The highest BCUT2D eigenvalue weighted by molar-refractivity contribution is 6.07. The largest absolute Gasteiger partial charge is 0.466 e. The summed E-state index contributed by atoms with van der Waals surface area (Å²) in [5.74, 6) is -0.377. The van der Waals surface area contributed by atoms with E-state index in [1.54, 1.807) is 11.8 Å². The van der Waals surface area contributed by atoms with Crippen molar-refractivity contribution >= 4 is 40.2 Å². The molecule has 2 aromatic rings. The third-order valence-corrected chi connectivity index (χ3v) is 5.55. The number of nitrogens with two attached hydrogens (primary N) is 1. The number of amides is 3. The number of rotatable bonds is 6. The van der Waals surface area contributed by atoms with E-state index in [1.807, 2.05) is 57.2 Å². The van der Waals surface area contributed by atoms with E-state index in [0.29, 0.717) is 31.9 Å². The number of hydrogen-bond donors (Lipinski definition) is 1. The zero-order chi connectivity index (χ0) is 24.9. The van der Waals surface area contributed by atoms with Gasteiger partial charge in [0.05, 0.1) is 18.7 Å². The highest BCUT2D eigenvalue weighted by Crippen LogP contribution is 2.35. The van der Waals surface area contributed by atoms with Gasteiger partial charge in [0.1, 0.15) is 5.60 Å². The fourth-order valence-electron chi connectivity index (χ4n) is 4.02. The number of urea groups is 1. The molecule has 2 aromatic carbocycles. The summed E-state index contributed by atoms with van der Waals surface area (Å²) in [5.41, 5.74) is 6.79. The maximum absolute atomic E-state index is 12.4. The monoisotopic (exact) mass is 470 g/mol. The van der Waals surface area contributed by atoms with Gasteiger partial charge in [0.15, 0.2) is 0 Å². The molecule has 0 bridgehead atoms. The molecule has 1 saturated heterocycles. The Morgan fingerprint density at radius 3 is 2.24 bits per heavy atom. The smallest absolute Gasteiger partial charge is 0.410 e. The van der Waals surface area contributed by atoms with Crippen LogP contribution in [0.25, 0.3) is 10.8 Å². The Hall–Kier alpha value is -3.49. The summed E-state index contributed by atoms with van der Waals surface area (Å²) in [5, 5.41) is 1.82. The molecule has 1 aliphatic heterocycles. The molecule has 1 heterocycles. The molecule has 0 aliphatic carbocycles. The number of nitrogens with zero attached hydrogens (tertiary/aromatic N) is 3. The summed E-state index contributed by atoms with van der Waals surface area (Å²) >= 11 is 0. The normalized spacial score (nSPS) is 14.1. The molecule has 0 spiro atoms. The standard InChI is InChI=1S/C25H34N4O5/c1-5-33-22(30)12-13-29(23(26)31)21-11-10-20(18-8-6-7-9-19(18)21)27-14-16-28(17-15-27)24(32)34-25(2,3)4/h6-11H,5,12-17H2,1-4H3,(H2,26,31). The Morgan fingerprint density at radius 1 is 1.00 bits per heavy atom. The van der Waals surface area contributed by atoms with Crippen molar-refractivity contribution in [1.29, 1.82) is 0 Å². The van der Waals surface area contributed by atoms with Gasteiger partial charge in [-0.15, -0.1) is 0 Å². The molecular weight excluding hydrogens is 436 g/mol. The van der Waals surface area contributed by atoms with Crippen LogP contribution in [-0.2, 0) is 14.3 Å². The number of primary amides is 1. The molecule has 3 amide bonds. The summed E-state index contributed by atoms with van der Waals surface area (Å²) in [6.45, 7) is 10.2. The fourth-order valence-corrected chi connectivity index (χ4v) is 4.02. The van der Waals surface area contributed by atoms with Crippen molar-refractivity contribution in [3.63, 3.8) is 0 Å². The molecule has 184 valence electrons. The summed E-state index contributed by atoms with van der Waals surface area (Å²) in [6.07, 6.45) is -0.245. The average Bonchev–Trinajstić information content (AvgIpc) is 2.78. The van der Waals surface area contributed by atoms with Gasteiger partial charge in [-0.1, -0.05) is 24.3 Å². The topological polar surface area (TPSA) is 105 Å². The van der Waals surface area contributed by atoms with E-state index in [4.69, 9.17) is 15.2 Å². The van der Waals surface area contributed by atoms with Crippen LogP contribution in [0.15, 0.2) is 36.4 Å². The second-order valence-corrected chi connectivity index (χ2v) is 9.15. The van der Waals surface area contributed by atoms with Gasteiger partial charge in [-0.05, 0) is 39.8 Å². The van der Waals surface area contributed by atoms with E-state index in [1.165, 1.54) is 4.90 Å². The molecule has 1 aliphatic rings. The fraction of sp³-hybridized carbons (Fsp3) is 0.480. The van der Waals surface area contributed by atoms with Crippen LogP contribution in [0.3, 0.4) is 0 Å². The third kappa shape index (κ3) is 6.09. The molecule has 0 saturated carbocycles. The average molecular weight is 471 g/mol. The van der Waals surface area contributed by atoms with Gasteiger partial charge in [0.25, 0.3) is 0 Å². The van der Waals surface area contributed by atoms with Crippen molar-refractivity contribution in [2.24, 2.45) is 5.73 Å². The Labute approximate surface area is 200 Å². The lowest BCUT2D eigenvalue weighted by atomic mass is 10.0. The molecule has 2 N–H and O–H groups in total. The number of carbonyl (C=O) groups is 3. The van der Waals surface area contributed by atoms with Crippen LogP contribution in [0.1, 0.15) is 34.1 Å². The maximum atomic E-state index is 12.4. The Morgan fingerprint density at radius 2 is 1.65 bits per heavy atom. The first-order chi connectivity index (χ1) is 16.1. The van der Waals surface area contributed by atoms with Crippen molar-refractivity contribution in [3.05, 3.63) is 36.4 Å². The van der Waals surface area contributed by atoms with Gasteiger partial charge in [-0.25, -0.2) is 9.59 Å². The number of anilines is 2. The van der Waals surface area contributed by atoms with Gasteiger partial charge in [-0.2, -0.15) is 0 Å². The van der Waals surface area contributed by atoms with Gasteiger partial charge in [0, 0.05) is 49.2 Å². The van der Waals surface area contributed by atoms with Gasteiger partial charge < -0.3 is 25.0 Å². The first-order valence-electron chi connectivity index (χ1n) is 11.6. The number of benzene rings is 2. The van der Waals surface area contributed by atoms with Crippen LogP contribution < -0.4 is 15.5 Å². The first-order valence-corrected chi connectivity index (χ1v) is 11.6. The van der Waals surface area contributed by atoms with Crippen molar-refractivity contribution in [2.75, 3.05) is 49.1 Å². The van der Waals surface area contributed by atoms with Crippen molar-refractivity contribution in [1.82, 2.24) is 4.90 Å². The Kier molecular flexibility index (Phi) is 7.86. The van der Waals surface area contributed by atoms with Crippen LogP contribution >= 0.6 is 0 Å². The predicted octanol–water partition coefficient (Wildman–Crippen LogP) is 3.74. The van der Waals surface area contributed by atoms with E-state index in [2.05, 4.69) is 4.90 Å². The van der Waals surface area contributed by atoms with Crippen LogP contribution in [0.2, 0.25) is 0 Å². The summed E-state index contributed by atoms with van der Waals surface area (Å²) in [6, 6.07) is 11.0. The minimum atomic E-state index is -0.631. The molecule has 9 heteroatoms. The van der Waals surface area contributed by atoms with E-state index in [-0.39, 0.29) is 31.6 Å². The van der Waals surface area contributed by atoms with Gasteiger partial charge in [-0.3, -0.25) is 9.69 Å². The lowest BCUT2D eigenvalue weighted by molar-refractivity contribution is -0.142. The van der Waals surface area contributed by atoms with Gasteiger partial charge >= 0.3 is 18.1 Å². The number of esters is 1.